The van der Waals surface area contributed by atoms with E-state index >= 15 is 0 Å². The van der Waals surface area contributed by atoms with Crippen molar-refractivity contribution >= 4 is 10.0 Å². The first-order chi connectivity index (χ1) is 9.47. The van der Waals surface area contributed by atoms with E-state index in [4.69, 9.17) is 6.42 Å². The van der Waals surface area contributed by atoms with Crippen LogP contribution in [0, 0.1) is 12.3 Å². The van der Waals surface area contributed by atoms with E-state index in [9.17, 15) is 8.42 Å². The summed E-state index contributed by atoms with van der Waals surface area (Å²) in [5, 5.41) is 3.26. The highest BCUT2D eigenvalue weighted by molar-refractivity contribution is 7.89. The van der Waals surface area contributed by atoms with Crippen molar-refractivity contribution in [1.29, 1.82) is 0 Å². The molecule has 1 N–H and O–H groups in total. The summed E-state index contributed by atoms with van der Waals surface area (Å²) in [7, 11) is -1.66. The molecule has 1 heterocycles. The maximum atomic E-state index is 12.4. The van der Waals surface area contributed by atoms with Gasteiger partial charge < -0.3 is 9.88 Å². The van der Waals surface area contributed by atoms with Crippen LogP contribution < -0.4 is 5.32 Å². The first-order valence-corrected chi connectivity index (χ1v) is 8.20. The number of hydrogen-bond acceptors (Lipinski definition) is 3. The Morgan fingerprint density at radius 2 is 2.15 bits per heavy atom. The maximum Gasteiger partial charge on any atom is 0.245 e. The Hall–Kier alpha value is -1.29. The fourth-order valence-electron chi connectivity index (χ4n) is 1.90. The summed E-state index contributed by atoms with van der Waals surface area (Å²) >= 11 is 0. The van der Waals surface area contributed by atoms with Gasteiger partial charge in [0.1, 0.15) is 4.90 Å². The molecule has 0 fully saturated rings. The largest absolute Gasteiger partial charge is 0.352 e. The van der Waals surface area contributed by atoms with Crippen LogP contribution in [0.15, 0.2) is 17.2 Å². The van der Waals surface area contributed by atoms with Gasteiger partial charge in [-0.3, -0.25) is 0 Å². The smallest absolute Gasteiger partial charge is 0.245 e. The van der Waals surface area contributed by atoms with Gasteiger partial charge in [-0.1, -0.05) is 19.8 Å². The van der Waals surface area contributed by atoms with Gasteiger partial charge in [0.15, 0.2) is 0 Å². The zero-order chi connectivity index (χ0) is 15.2. The highest BCUT2D eigenvalue weighted by atomic mass is 32.2. The lowest BCUT2D eigenvalue weighted by molar-refractivity contribution is 0.464. The molecule has 0 aliphatic carbocycles. The second kappa shape index (κ2) is 7.48. The van der Waals surface area contributed by atoms with Crippen molar-refractivity contribution in [3.63, 3.8) is 0 Å². The van der Waals surface area contributed by atoms with Gasteiger partial charge in [-0.25, -0.2) is 8.42 Å². The fourth-order valence-corrected chi connectivity index (χ4v) is 3.36. The van der Waals surface area contributed by atoms with E-state index in [0.717, 1.165) is 18.7 Å². The molecule has 0 saturated carbocycles. The van der Waals surface area contributed by atoms with Gasteiger partial charge in [0.2, 0.25) is 10.0 Å². The minimum absolute atomic E-state index is 0.0944. The van der Waals surface area contributed by atoms with Gasteiger partial charge in [0, 0.05) is 32.0 Å². The number of nitrogens with one attached hydrogen (secondary N) is 1. The quantitative estimate of drug-likeness (QED) is 0.579. The Kier molecular flexibility index (Phi) is 6.27. The number of aryl methyl sites for hydroxylation is 1. The van der Waals surface area contributed by atoms with Crippen LogP contribution in [-0.2, 0) is 23.6 Å². The normalized spacial score (nSPS) is 11.8. The third kappa shape index (κ3) is 3.85. The lowest BCUT2D eigenvalue weighted by atomic mass is 10.4. The molecule has 0 bridgehead atoms. The van der Waals surface area contributed by atoms with E-state index in [2.05, 4.69) is 18.2 Å². The van der Waals surface area contributed by atoms with Crippen LogP contribution >= 0.6 is 0 Å². The van der Waals surface area contributed by atoms with E-state index in [1.807, 2.05) is 11.6 Å². The molecule has 0 saturated heterocycles. The van der Waals surface area contributed by atoms with E-state index in [-0.39, 0.29) is 6.54 Å². The van der Waals surface area contributed by atoms with Crippen LogP contribution in [0.3, 0.4) is 0 Å². The van der Waals surface area contributed by atoms with E-state index < -0.39 is 10.0 Å². The molecular formula is C14H23N3O2S. The summed E-state index contributed by atoms with van der Waals surface area (Å²) in [5.41, 5.74) is 0.939. The fraction of sp³-hybridized carbons (Fsp3) is 0.571. The summed E-state index contributed by atoms with van der Waals surface area (Å²) in [6.45, 7) is 5.89. The summed E-state index contributed by atoms with van der Waals surface area (Å²) in [6, 6.07) is 1.71. The SMILES string of the molecule is C#CCN(CC)S(=O)(=O)c1cc(CNCCC)n(C)c1. The summed E-state index contributed by atoms with van der Waals surface area (Å²) in [5.74, 6) is 2.39. The maximum absolute atomic E-state index is 12.4. The van der Waals surface area contributed by atoms with Crippen LogP contribution in [0.4, 0.5) is 0 Å². The molecule has 1 aromatic heterocycles. The molecule has 0 spiro atoms. The Morgan fingerprint density at radius 1 is 1.45 bits per heavy atom. The lowest BCUT2D eigenvalue weighted by Crippen LogP contribution is -2.31. The number of rotatable bonds is 8. The Labute approximate surface area is 122 Å². The molecular weight excluding hydrogens is 274 g/mol. The molecule has 1 aromatic rings. The van der Waals surface area contributed by atoms with E-state index in [1.165, 1.54) is 4.31 Å². The zero-order valence-electron chi connectivity index (χ0n) is 12.4. The average Bonchev–Trinajstić information content (AvgIpc) is 2.78. The van der Waals surface area contributed by atoms with Crippen LogP contribution in [0.25, 0.3) is 0 Å². The van der Waals surface area contributed by atoms with Gasteiger partial charge in [-0.15, -0.1) is 6.42 Å². The van der Waals surface area contributed by atoms with Gasteiger partial charge >= 0.3 is 0 Å². The van der Waals surface area contributed by atoms with Crippen LogP contribution in [0.2, 0.25) is 0 Å². The highest BCUT2D eigenvalue weighted by Gasteiger charge is 2.24. The minimum Gasteiger partial charge on any atom is -0.352 e. The summed E-state index contributed by atoms with van der Waals surface area (Å²) in [4.78, 5) is 0.297. The third-order valence-corrected chi connectivity index (χ3v) is 4.96. The number of terminal acetylenes is 1. The van der Waals surface area contributed by atoms with Crippen molar-refractivity contribution in [3.05, 3.63) is 18.0 Å². The molecule has 0 aromatic carbocycles. The molecule has 5 nitrogen and oxygen atoms in total. The van der Waals surface area contributed by atoms with Crippen molar-refractivity contribution in [2.24, 2.45) is 7.05 Å². The molecule has 6 heteroatoms. The molecule has 0 amide bonds. The van der Waals surface area contributed by atoms with Crippen LogP contribution in [-0.4, -0.2) is 36.9 Å². The average molecular weight is 297 g/mol. The van der Waals surface area contributed by atoms with E-state index in [1.54, 1.807) is 19.2 Å². The van der Waals surface area contributed by atoms with Crippen molar-refractivity contribution < 1.29 is 8.42 Å². The molecule has 112 valence electrons. The van der Waals surface area contributed by atoms with Gasteiger partial charge in [0.05, 0.1) is 6.54 Å². The van der Waals surface area contributed by atoms with Crippen molar-refractivity contribution in [2.75, 3.05) is 19.6 Å². The predicted octanol–water partition coefficient (Wildman–Crippen LogP) is 1.17. The number of nitrogens with zero attached hydrogens (tertiary/aromatic N) is 2. The molecule has 0 unspecified atom stereocenters. The Balaban J connectivity index is 2.96. The second-order valence-corrected chi connectivity index (χ2v) is 6.53. The highest BCUT2D eigenvalue weighted by Crippen LogP contribution is 2.18. The topological polar surface area (TPSA) is 54.3 Å². The standard InChI is InChI=1S/C14H23N3O2S/c1-5-8-15-11-13-10-14(12-16(13)4)20(18,19)17(7-3)9-6-2/h2,10,12,15H,5,7-9,11H2,1,3-4H3. The summed E-state index contributed by atoms with van der Waals surface area (Å²) < 4.78 is 28.0. The predicted molar refractivity (Wildman–Crippen MR) is 80.7 cm³/mol. The van der Waals surface area contributed by atoms with Crippen molar-refractivity contribution in [1.82, 2.24) is 14.2 Å². The Morgan fingerprint density at radius 3 is 2.70 bits per heavy atom. The third-order valence-electron chi connectivity index (χ3n) is 3.07. The molecule has 20 heavy (non-hydrogen) atoms. The first kappa shape index (κ1) is 16.8. The number of sulfonamides is 1. The van der Waals surface area contributed by atoms with Gasteiger partial charge in [-0.2, -0.15) is 4.31 Å². The monoisotopic (exact) mass is 297 g/mol. The molecule has 0 aliphatic rings. The van der Waals surface area contributed by atoms with E-state index in [0.29, 0.717) is 18.0 Å². The van der Waals surface area contributed by atoms with Crippen LogP contribution in [0.5, 0.6) is 0 Å². The minimum atomic E-state index is -3.50. The molecule has 0 aliphatic heterocycles. The molecule has 1 rings (SSSR count). The Bertz CT molecular complexity index is 570. The van der Waals surface area contributed by atoms with Gasteiger partial charge in [-0.05, 0) is 19.0 Å². The van der Waals surface area contributed by atoms with Crippen LogP contribution in [0.1, 0.15) is 26.0 Å². The second-order valence-electron chi connectivity index (χ2n) is 4.59. The van der Waals surface area contributed by atoms with Crippen molar-refractivity contribution in [3.8, 4) is 12.3 Å². The first-order valence-electron chi connectivity index (χ1n) is 6.76. The van der Waals surface area contributed by atoms with Gasteiger partial charge in [0.25, 0.3) is 0 Å². The summed E-state index contributed by atoms with van der Waals surface area (Å²) in [6.07, 6.45) is 7.90. The lowest BCUT2D eigenvalue weighted by Gasteiger charge is -2.16. The molecule has 0 atom stereocenters. The number of aromatic nitrogens is 1. The molecule has 0 radical (unpaired) electrons. The number of hydrogen-bond donors (Lipinski definition) is 1. The zero-order valence-corrected chi connectivity index (χ0v) is 13.2. The van der Waals surface area contributed by atoms with Crippen molar-refractivity contribution in [2.45, 2.75) is 31.7 Å².